The van der Waals surface area contributed by atoms with E-state index in [0.29, 0.717) is 0 Å². The maximum absolute atomic E-state index is 12.5. The van der Waals surface area contributed by atoms with Gasteiger partial charge in [0.1, 0.15) is 11.5 Å². The summed E-state index contributed by atoms with van der Waals surface area (Å²) < 4.78 is 47.2. The Morgan fingerprint density at radius 1 is 1.37 bits per heavy atom. The molecule has 3 nitrogen and oxygen atoms in total. The van der Waals surface area contributed by atoms with Gasteiger partial charge in [-0.15, -0.1) is 0 Å². The van der Waals surface area contributed by atoms with Gasteiger partial charge in [0.25, 0.3) is 0 Å². The van der Waals surface area contributed by atoms with Crippen LogP contribution in [0.15, 0.2) is 36.1 Å². The summed E-state index contributed by atoms with van der Waals surface area (Å²) in [6.07, 6.45) is -3.36. The van der Waals surface area contributed by atoms with Crippen LogP contribution in [0.2, 0.25) is 0 Å². The third-order valence-electron chi connectivity index (χ3n) is 2.05. The summed E-state index contributed by atoms with van der Waals surface area (Å²) in [6.45, 7) is 3.32. The molecule has 0 aliphatic carbocycles. The van der Waals surface area contributed by atoms with Gasteiger partial charge in [-0.2, -0.15) is 13.2 Å². The van der Waals surface area contributed by atoms with Gasteiger partial charge < -0.3 is 9.47 Å². The molecule has 0 aliphatic rings. The molecule has 0 bridgehead atoms. The van der Waals surface area contributed by atoms with E-state index in [1.54, 1.807) is 6.92 Å². The van der Waals surface area contributed by atoms with E-state index in [4.69, 9.17) is 4.74 Å². The average molecular weight is 274 g/mol. The Hall–Kier alpha value is -1.98. The van der Waals surface area contributed by atoms with Crippen molar-refractivity contribution in [3.63, 3.8) is 0 Å². The molecule has 0 fully saturated rings. The van der Waals surface area contributed by atoms with E-state index >= 15 is 0 Å². The van der Waals surface area contributed by atoms with E-state index < -0.39 is 17.7 Å². The van der Waals surface area contributed by atoms with Gasteiger partial charge in [0.2, 0.25) is 0 Å². The Morgan fingerprint density at radius 2 is 2.05 bits per heavy atom. The fraction of sp³-hybridized carbons (Fsp3) is 0.308. The number of alkyl halides is 3. The number of allylic oxidation sites excluding steroid dienone is 1. The zero-order chi connectivity index (χ0) is 14.5. The van der Waals surface area contributed by atoms with E-state index in [2.05, 4.69) is 4.74 Å². The van der Waals surface area contributed by atoms with E-state index in [1.807, 2.05) is 0 Å². The van der Waals surface area contributed by atoms with Gasteiger partial charge in [-0.05, 0) is 32.0 Å². The minimum atomic E-state index is -4.43. The van der Waals surface area contributed by atoms with Gasteiger partial charge in [0.05, 0.1) is 18.2 Å². The first-order valence-corrected chi connectivity index (χ1v) is 5.53. The number of halogens is 3. The summed E-state index contributed by atoms with van der Waals surface area (Å²) in [7, 11) is 0. The minimum absolute atomic E-state index is 0.00729. The molecule has 0 saturated carbocycles. The molecule has 6 heteroatoms. The highest BCUT2D eigenvalue weighted by atomic mass is 19.4. The number of ether oxygens (including phenoxy) is 2. The van der Waals surface area contributed by atoms with Crippen molar-refractivity contribution >= 4 is 5.97 Å². The van der Waals surface area contributed by atoms with Crippen LogP contribution >= 0.6 is 0 Å². The summed E-state index contributed by atoms with van der Waals surface area (Å²) in [5, 5.41) is 0. The van der Waals surface area contributed by atoms with Crippen molar-refractivity contribution in [3.8, 4) is 5.75 Å². The fourth-order valence-electron chi connectivity index (χ4n) is 1.30. The van der Waals surface area contributed by atoms with Gasteiger partial charge >= 0.3 is 12.1 Å². The Labute approximate surface area is 108 Å². The highest BCUT2D eigenvalue weighted by Crippen LogP contribution is 2.31. The van der Waals surface area contributed by atoms with Crippen molar-refractivity contribution in [2.75, 3.05) is 6.61 Å². The predicted molar refractivity (Wildman–Crippen MR) is 62.5 cm³/mol. The zero-order valence-corrected chi connectivity index (χ0v) is 10.5. The molecule has 1 aromatic carbocycles. The second-order valence-electron chi connectivity index (χ2n) is 3.63. The summed E-state index contributed by atoms with van der Waals surface area (Å²) in [4.78, 5) is 11.1. The first-order chi connectivity index (χ1) is 8.82. The SMILES string of the molecule is CCOC(=O)/C=C(\C)Oc1cccc(C(F)(F)F)c1. The quantitative estimate of drug-likeness (QED) is 0.478. The second kappa shape index (κ2) is 6.26. The molecule has 0 heterocycles. The van der Waals surface area contributed by atoms with Gasteiger partial charge in [-0.25, -0.2) is 4.79 Å². The molecule has 0 aliphatic heterocycles. The third-order valence-corrected chi connectivity index (χ3v) is 2.05. The molecule has 0 aromatic heterocycles. The van der Waals surface area contributed by atoms with Crippen LogP contribution in [0.1, 0.15) is 19.4 Å². The molecular weight excluding hydrogens is 261 g/mol. The number of esters is 1. The van der Waals surface area contributed by atoms with E-state index in [0.717, 1.165) is 18.2 Å². The van der Waals surface area contributed by atoms with Gasteiger partial charge in [-0.1, -0.05) is 6.07 Å². The topological polar surface area (TPSA) is 35.5 Å². The highest BCUT2D eigenvalue weighted by Gasteiger charge is 2.30. The van der Waals surface area contributed by atoms with Crippen molar-refractivity contribution < 1.29 is 27.4 Å². The molecular formula is C13H13F3O3. The Balaban J connectivity index is 2.80. The number of carbonyl (C=O) groups excluding carboxylic acids is 1. The molecule has 0 atom stereocenters. The minimum Gasteiger partial charge on any atom is -0.463 e. The lowest BCUT2D eigenvalue weighted by atomic mass is 10.2. The lowest BCUT2D eigenvalue weighted by molar-refractivity contribution is -0.138. The molecule has 0 radical (unpaired) electrons. The molecule has 0 unspecified atom stereocenters. The number of carbonyl (C=O) groups is 1. The van der Waals surface area contributed by atoms with Crippen LogP contribution in [0.25, 0.3) is 0 Å². The summed E-state index contributed by atoms with van der Waals surface area (Å²) in [5.41, 5.74) is -0.811. The van der Waals surface area contributed by atoms with Crippen molar-refractivity contribution in [3.05, 3.63) is 41.7 Å². The largest absolute Gasteiger partial charge is 0.463 e. The van der Waals surface area contributed by atoms with Gasteiger partial charge in [0.15, 0.2) is 0 Å². The van der Waals surface area contributed by atoms with Crippen LogP contribution in [-0.2, 0) is 15.7 Å². The first kappa shape index (κ1) is 15.1. The third kappa shape index (κ3) is 5.03. The van der Waals surface area contributed by atoms with E-state index in [1.165, 1.54) is 19.1 Å². The molecule has 19 heavy (non-hydrogen) atoms. The number of rotatable bonds is 4. The van der Waals surface area contributed by atoms with Crippen LogP contribution < -0.4 is 4.74 Å². The summed E-state index contributed by atoms with van der Waals surface area (Å²) >= 11 is 0. The smallest absolute Gasteiger partial charge is 0.416 e. The zero-order valence-electron chi connectivity index (χ0n) is 10.5. The summed E-state index contributed by atoms with van der Waals surface area (Å²) in [6, 6.07) is 4.41. The standard InChI is InChI=1S/C13H13F3O3/c1-3-18-12(17)7-9(2)19-11-6-4-5-10(8-11)13(14,15)16/h4-8H,3H2,1-2H3/b9-7+. The van der Waals surface area contributed by atoms with Gasteiger partial charge in [0, 0.05) is 0 Å². The molecule has 1 aromatic rings. The van der Waals surface area contributed by atoms with Crippen molar-refractivity contribution in [1.29, 1.82) is 0 Å². The monoisotopic (exact) mass is 274 g/mol. The molecule has 1 rings (SSSR count). The van der Waals surface area contributed by atoms with E-state index in [-0.39, 0.29) is 18.1 Å². The lowest BCUT2D eigenvalue weighted by Gasteiger charge is -2.10. The molecule has 0 amide bonds. The van der Waals surface area contributed by atoms with Crippen LogP contribution in [0, 0.1) is 0 Å². The number of hydrogen-bond acceptors (Lipinski definition) is 3. The number of benzene rings is 1. The molecule has 0 spiro atoms. The van der Waals surface area contributed by atoms with Crippen LogP contribution in [0.4, 0.5) is 13.2 Å². The van der Waals surface area contributed by atoms with Crippen molar-refractivity contribution in [2.45, 2.75) is 20.0 Å². The Morgan fingerprint density at radius 3 is 2.63 bits per heavy atom. The second-order valence-corrected chi connectivity index (χ2v) is 3.63. The average Bonchev–Trinajstić information content (AvgIpc) is 2.28. The molecule has 0 saturated heterocycles. The molecule has 104 valence electrons. The Kier molecular flexibility index (Phi) is 4.97. The predicted octanol–water partition coefficient (Wildman–Crippen LogP) is 3.55. The maximum atomic E-state index is 12.5. The van der Waals surface area contributed by atoms with E-state index in [9.17, 15) is 18.0 Å². The molecule has 0 N–H and O–H groups in total. The summed E-state index contributed by atoms with van der Waals surface area (Å²) in [5.74, 6) is -0.447. The number of hydrogen-bond donors (Lipinski definition) is 0. The van der Waals surface area contributed by atoms with Gasteiger partial charge in [-0.3, -0.25) is 0 Å². The van der Waals surface area contributed by atoms with Crippen LogP contribution in [0.5, 0.6) is 5.75 Å². The Bertz CT molecular complexity index is 478. The first-order valence-electron chi connectivity index (χ1n) is 5.53. The van der Waals surface area contributed by atoms with Crippen molar-refractivity contribution in [2.24, 2.45) is 0 Å². The van der Waals surface area contributed by atoms with Crippen molar-refractivity contribution in [1.82, 2.24) is 0 Å². The van der Waals surface area contributed by atoms with Crippen LogP contribution in [0.3, 0.4) is 0 Å². The normalized spacial score (nSPS) is 12.2. The fourth-order valence-corrected chi connectivity index (χ4v) is 1.30. The maximum Gasteiger partial charge on any atom is 0.416 e. The highest BCUT2D eigenvalue weighted by molar-refractivity contribution is 5.82. The lowest BCUT2D eigenvalue weighted by Crippen LogP contribution is -2.05. The van der Waals surface area contributed by atoms with Crippen LogP contribution in [-0.4, -0.2) is 12.6 Å².